The van der Waals surface area contributed by atoms with Gasteiger partial charge in [-0.25, -0.2) is 4.98 Å². The molecular formula is C24H20N2O. The summed E-state index contributed by atoms with van der Waals surface area (Å²) >= 11 is 0. The van der Waals surface area contributed by atoms with Crippen LogP contribution in [0.2, 0.25) is 0 Å². The molecule has 0 saturated heterocycles. The van der Waals surface area contributed by atoms with Crippen molar-refractivity contribution in [3.05, 3.63) is 106 Å². The molecule has 0 spiro atoms. The lowest BCUT2D eigenvalue weighted by Crippen LogP contribution is -2.22. The number of benzene rings is 3. The van der Waals surface area contributed by atoms with Crippen LogP contribution in [0, 0.1) is 13.8 Å². The van der Waals surface area contributed by atoms with Gasteiger partial charge in [0.25, 0.3) is 5.56 Å². The van der Waals surface area contributed by atoms with E-state index < -0.39 is 0 Å². The number of hydrogen-bond acceptors (Lipinski definition) is 2. The number of rotatable bonds is 3. The van der Waals surface area contributed by atoms with Gasteiger partial charge in [-0.1, -0.05) is 60.2 Å². The predicted molar refractivity (Wildman–Crippen MR) is 112 cm³/mol. The molecule has 0 atom stereocenters. The van der Waals surface area contributed by atoms with Gasteiger partial charge < -0.3 is 0 Å². The zero-order valence-electron chi connectivity index (χ0n) is 15.4. The standard InChI is InChI=1S/C24H20N2O/c1-17-7-5-9-19(15-17)13-14-23-25-22-12-4-3-11-21(22)24(27)26(23)20-10-6-8-18(2)16-20/h3-16H,1-2H3/b14-13+. The van der Waals surface area contributed by atoms with Crippen LogP contribution in [-0.4, -0.2) is 9.55 Å². The number of fused-ring (bicyclic) bond motifs is 1. The van der Waals surface area contributed by atoms with Gasteiger partial charge in [-0.05, 0) is 55.3 Å². The minimum absolute atomic E-state index is 0.0601. The summed E-state index contributed by atoms with van der Waals surface area (Å²) in [6.45, 7) is 4.08. The van der Waals surface area contributed by atoms with Crippen LogP contribution in [0.5, 0.6) is 0 Å². The summed E-state index contributed by atoms with van der Waals surface area (Å²) in [5.74, 6) is 0.616. The zero-order chi connectivity index (χ0) is 18.8. The van der Waals surface area contributed by atoms with Gasteiger partial charge in [-0.3, -0.25) is 9.36 Å². The van der Waals surface area contributed by atoms with E-state index in [9.17, 15) is 4.79 Å². The van der Waals surface area contributed by atoms with Crippen molar-refractivity contribution in [1.29, 1.82) is 0 Å². The second kappa shape index (κ2) is 7.04. The first-order valence-corrected chi connectivity index (χ1v) is 8.95. The normalized spacial score (nSPS) is 11.3. The van der Waals surface area contributed by atoms with E-state index in [0.717, 1.165) is 16.8 Å². The molecule has 0 aliphatic rings. The largest absolute Gasteiger partial charge is 0.268 e. The molecule has 0 saturated carbocycles. The third kappa shape index (κ3) is 3.44. The molecule has 4 rings (SSSR count). The molecule has 0 amide bonds. The molecule has 1 heterocycles. The summed E-state index contributed by atoms with van der Waals surface area (Å²) in [4.78, 5) is 18.0. The van der Waals surface area contributed by atoms with Crippen molar-refractivity contribution >= 4 is 23.1 Å². The van der Waals surface area contributed by atoms with Crippen molar-refractivity contribution in [2.75, 3.05) is 0 Å². The van der Waals surface area contributed by atoms with E-state index in [1.165, 1.54) is 5.56 Å². The molecule has 3 heteroatoms. The second-order valence-electron chi connectivity index (χ2n) is 6.71. The lowest BCUT2D eigenvalue weighted by atomic mass is 10.1. The molecule has 0 unspecified atom stereocenters. The molecule has 1 aromatic heterocycles. The highest BCUT2D eigenvalue weighted by atomic mass is 16.1. The third-order valence-electron chi connectivity index (χ3n) is 4.53. The smallest absolute Gasteiger partial charge is 0.266 e. The van der Waals surface area contributed by atoms with Gasteiger partial charge in [-0.2, -0.15) is 0 Å². The van der Waals surface area contributed by atoms with Crippen LogP contribution in [0.4, 0.5) is 0 Å². The van der Waals surface area contributed by atoms with Crippen molar-refractivity contribution in [3.63, 3.8) is 0 Å². The van der Waals surface area contributed by atoms with E-state index in [2.05, 4.69) is 19.1 Å². The molecule has 0 aliphatic carbocycles. The zero-order valence-corrected chi connectivity index (χ0v) is 15.4. The van der Waals surface area contributed by atoms with Gasteiger partial charge in [0.05, 0.1) is 16.6 Å². The first kappa shape index (κ1) is 17.0. The average molecular weight is 352 g/mol. The number of para-hydroxylation sites is 1. The van der Waals surface area contributed by atoms with Crippen LogP contribution in [-0.2, 0) is 0 Å². The minimum atomic E-state index is -0.0601. The Morgan fingerprint density at radius 3 is 2.33 bits per heavy atom. The quantitative estimate of drug-likeness (QED) is 0.510. The Kier molecular flexibility index (Phi) is 4.43. The maximum atomic E-state index is 13.2. The van der Waals surface area contributed by atoms with Gasteiger partial charge in [0.15, 0.2) is 0 Å². The lowest BCUT2D eigenvalue weighted by Gasteiger charge is -2.12. The molecule has 4 aromatic rings. The van der Waals surface area contributed by atoms with Gasteiger partial charge in [0, 0.05) is 0 Å². The van der Waals surface area contributed by atoms with E-state index in [4.69, 9.17) is 4.98 Å². The van der Waals surface area contributed by atoms with Crippen molar-refractivity contribution in [2.45, 2.75) is 13.8 Å². The van der Waals surface area contributed by atoms with E-state index in [1.807, 2.05) is 79.7 Å². The summed E-state index contributed by atoms with van der Waals surface area (Å²) in [6, 6.07) is 23.6. The van der Waals surface area contributed by atoms with Crippen LogP contribution in [0.1, 0.15) is 22.5 Å². The summed E-state index contributed by atoms with van der Waals surface area (Å²) in [7, 11) is 0. The van der Waals surface area contributed by atoms with Crippen molar-refractivity contribution < 1.29 is 0 Å². The molecule has 27 heavy (non-hydrogen) atoms. The molecule has 3 nitrogen and oxygen atoms in total. The summed E-state index contributed by atoms with van der Waals surface area (Å²) in [5.41, 5.74) is 4.83. The fourth-order valence-corrected chi connectivity index (χ4v) is 3.22. The Labute approximate surface area is 158 Å². The maximum absolute atomic E-state index is 13.2. The molecule has 0 N–H and O–H groups in total. The second-order valence-corrected chi connectivity index (χ2v) is 6.71. The van der Waals surface area contributed by atoms with E-state index >= 15 is 0 Å². The average Bonchev–Trinajstić information content (AvgIpc) is 2.66. The topological polar surface area (TPSA) is 34.9 Å². The van der Waals surface area contributed by atoms with Crippen molar-refractivity contribution in [1.82, 2.24) is 9.55 Å². The molecule has 0 fully saturated rings. The Balaban J connectivity index is 1.95. The fourth-order valence-electron chi connectivity index (χ4n) is 3.22. The van der Waals surface area contributed by atoms with E-state index in [1.54, 1.807) is 4.57 Å². The van der Waals surface area contributed by atoms with Gasteiger partial charge in [-0.15, -0.1) is 0 Å². The first-order chi connectivity index (χ1) is 13.1. The highest BCUT2D eigenvalue weighted by Crippen LogP contribution is 2.16. The third-order valence-corrected chi connectivity index (χ3v) is 4.53. The molecular weight excluding hydrogens is 332 g/mol. The van der Waals surface area contributed by atoms with Crippen LogP contribution in [0.3, 0.4) is 0 Å². The molecule has 0 bridgehead atoms. The first-order valence-electron chi connectivity index (χ1n) is 8.95. The monoisotopic (exact) mass is 352 g/mol. The molecule has 3 aromatic carbocycles. The Bertz CT molecular complexity index is 1220. The summed E-state index contributed by atoms with van der Waals surface area (Å²) in [6.07, 6.45) is 3.90. The molecule has 132 valence electrons. The van der Waals surface area contributed by atoms with E-state index in [0.29, 0.717) is 16.7 Å². The van der Waals surface area contributed by atoms with Gasteiger partial charge in [0.2, 0.25) is 0 Å². The van der Waals surface area contributed by atoms with Gasteiger partial charge in [0.1, 0.15) is 5.82 Å². The van der Waals surface area contributed by atoms with Crippen molar-refractivity contribution in [3.8, 4) is 5.69 Å². The highest BCUT2D eigenvalue weighted by molar-refractivity contribution is 5.80. The maximum Gasteiger partial charge on any atom is 0.266 e. The SMILES string of the molecule is Cc1cccc(/C=C/c2nc3ccccc3c(=O)n2-c2cccc(C)c2)c1. The Morgan fingerprint density at radius 1 is 0.815 bits per heavy atom. The summed E-state index contributed by atoms with van der Waals surface area (Å²) < 4.78 is 1.68. The molecule has 0 radical (unpaired) electrons. The van der Waals surface area contributed by atoms with Crippen molar-refractivity contribution in [2.24, 2.45) is 0 Å². The number of hydrogen-bond donors (Lipinski definition) is 0. The van der Waals surface area contributed by atoms with Gasteiger partial charge >= 0.3 is 0 Å². The van der Waals surface area contributed by atoms with E-state index in [-0.39, 0.29) is 5.56 Å². The Hall–Kier alpha value is -3.46. The molecule has 0 aliphatic heterocycles. The van der Waals surface area contributed by atoms with Crippen LogP contribution in [0.25, 0.3) is 28.7 Å². The number of aryl methyl sites for hydroxylation is 2. The predicted octanol–water partition coefficient (Wildman–Crippen LogP) is 5.17. The van der Waals surface area contributed by atoms with Crippen LogP contribution < -0.4 is 5.56 Å². The van der Waals surface area contributed by atoms with Crippen LogP contribution >= 0.6 is 0 Å². The lowest BCUT2D eigenvalue weighted by molar-refractivity contribution is 0.942. The fraction of sp³-hybridized carbons (Fsp3) is 0.0833. The number of aromatic nitrogens is 2. The minimum Gasteiger partial charge on any atom is -0.268 e. The van der Waals surface area contributed by atoms with Crippen LogP contribution in [0.15, 0.2) is 77.6 Å². The highest BCUT2D eigenvalue weighted by Gasteiger charge is 2.11. The number of nitrogens with zero attached hydrogens (tertiary/aromatic N) is 2. The Morgan fingerprint density at radius 2 is 1.56 bits per heavy atom. The summed E-state index contributed by atoms with van der Waals surface area (Å²) in [5, 5.41) is 0.617.